The van der Waals surface area contributed by atoms with Crippen molar-refractivity contribution in [1.29, 1.82) is 0 Å². The number of aliphatic carboxylic acids is 1. The van der Waals surface area contributed by atoms with Crippen molar-refractivity contribution in [2.75, 3.05) is 5.75 Å². The summed E-state index contributed by atoms with van der Waals surface area (Å²) in [5.41, 5.74) is 0.947. The van der Waals surface area contributed by atoms with Gasteiger partial charge in [0.05, 0.1) is 5.97 Å². The first-order chi connectivity index (χ1) is 8.18. The summed E-state index contributed by atoms with van der Waals surface area (Å²) in [4.78, 5) is 10.4. The lowest BCUT2D eigenvalue weighted by Gasteiger charge is -2.03. The number of rotatable bonds is 4. The third kappa shape index (κ3) is 2.65. The predicted molar refractivity (Wildman–Crippen MR) is 62.2 cm³/mol. The second-order valence-electron chi connectivity index (χ2n) is 3.39. The Morgan fingerprint density at radius 2 is 2.06 bits per heavy atom. The van der Waals surface area contributed by atoms with Crippen LogP contribution in [0.25, 0.3) is 11.4 Å². The zero-order chi connectivity index (χ0) is 12.3. The summed E-state index contributed by atoms with van der Waals surface area (Å²) in [5.74, 6) is -0.522. The Morgan fingerprint density at radius 3 is 2.71 bits per heavy atom. The Kier molecular flexibility index (Phi) is 3.43. The van der Waals surface area contributed by atoms with Gasteiger partial charge in [-0.3, -0.25) is 0 Å². The van der Waals surface area contributed by atoms with Gasteiger partial charge in [0.1, 0.15) is 0 Å². The highest BCUT2D eigenvalue weighted by Crippen LogP contribution is 2.21. The highest BCUT2D eigenvalue weighted by molar-refractivity contribution is 7.99. The van der Waals surface area contributed by atoms with Crippen molar-refractivity contribution in [3.8, 4) is 11.4 Å². The van der Waals surface area contributed by atoms with E-state index < -0.39 is 5.97 Å². The minimum atomic E-state index is -1.11. The number of hydrogen-bond acceptors (Lipinski definition) is 5. The number of carbonyl (C=O) groups excluding carboxylic acids is 1. The van der Waals surface area contributed by atoms with E-state index in [1.807, 2.05) is 30.3 Å². The third-order valence-electron chi connectivity index (χ3n) is 2.19. The fourth-order valence-electron chi connectivity index (χ4n) is 1.40. The molecule has 2 aromatic rings. The molecule has 0 amide bonds. The maximum atomic E-state index is 10.4. The van der Waals surface area contributed by atoms with Crippen LogP contribution in [-0.2, 0) is 11.8 Å². The largest absolute Gasteiger partial charge is 0.549 e. The van der Waals surface area contributed by atoms with E-state index in [-0.39, 0.29) is 5.75 Å². The first-order valence-electron chi connectivity index (χ1n) is 4.96. The maximum Gasteiger partial charge on any atom is 0.191 e. The van der Waals surface area contributed by atoms with E-state index >= 15 is 0 Å². The molecule has 17 heavy (non-hydrogen) atoms. The van der Waals surface area contributed by atoms with Gasteiger partial charge >= 0.3 is 0 Å². The molecule has 0 fully saturated rings. The predicted octanol–water partition coefficient (Wildman–Crippen LogP) is 0.324. The Morgan fingerprint density at radius 1 is 1.35 bits per heavy atom. The molecule has 0 atom stereocenters. The second kappa shape index (κ2) is 5.01. The van der Waals surface area contributed by atoms with Gasteiger partial charge in [0.15, 0.2) is 11.0 Å². The summed E-state index contributed by atoms with van der Waals surface area (Å²) in [6.07, 6.45) is 0. The van der Waals surface area contributed by atoms with Crippen LogP contribution >= 0.6 is 11.8 Å². The molecule has 1 aromatic heterocycles. The van der Waals surface area contributed by atoms with E-state index in [2.05, 4.69) is 10.2 Å². The molecule has 0 aliphatic rings. The fraction of sp³-hybridized carbons (Fsp3) is 0.182. The minimum Gasteiger partial charge on any atom is -0.549 e. The van der Waals surface area contributed by atoms with Gasteiger partial charge in [-0.15, -0.1) is 10.2 Å². The normalized spacial score (nSPS) is 10.4. The van der Waals surface area contributed by atoms with Crippen molar-refractivity contribution in [1.82, 2.24) is 14.8 Å². The lowest BCUT2D eigenvalue weighted by molar-refractivity contribution is -0.301. The van der Waals surface area contributed by atoms with Gasteiger partial charge in [-0.1, -0.05) is 42.1 Å². The molecule has 0 spiro atoms. The highest BCUT2D eigenvalue weighted by atomic mass is 32.2. The molecule has 5 nitrogen and oxygen atoms in total. The summed E-state index contributed by atoms with van der Waals surface area (Å²) in [6.45, 7) is 0. The Balaban J connectivity index is 2.24. The number of hydrogen-bond donors (Lipinski definition) is 0. The third-order valence-corrected chi connectivity index (χ3v) is 3.18. The number of thioether (sulfide) groups is 1. The Labute approximate surface area is 102 Å². The average Bonchev–Trinajstić information content (AvgIpc) is 2.69. The van der Waals surface area contributed by atoms with Crippen molar-refractivity contribution in [3.05, 3.63) is 30.3 Å². The molecule has 2 rings (SSSR count). The Hall–Kier alpha value is -1.82. The number of carboxylic acids is 1. The van der Waals surface area contributed by atoms with Gasteiger partial charge in [0.25, 0.3) is 0 Å². The summed E-state index contributed by atoms with van der Waals surface area (Å²) < 4.78 is 1.77. The minimum absolute atomic E-state index is 0.124. The molecule has 88 valence electrons. The first-order valence-corrected chi connectivity index (χ1v) is 5.94. The monoisotopic (exact) mass is 248 g/mol. The molecular weight excluding hydrogens is 238 g/mol. The topological polar surface area (TPSA) is 70.8 Å². The van der Waals surface area contributed by atoms with E-state index in [0.29, 0.717) is 11.0 Å². The standard InChI is InChI=1S/C11H11N3O2S/c1-14-10(8-5-3-2-4-6-8)12-13-11(14)17-7-9(15)16/h2-6H,7H2,1H3,(H,15,16)/p-1. The zero-order valence-corrected chi connectivity index (χ0v) is 9.98. The number of nitrogens with zero attached hydrogens (tertiary/aromatic N) is 3. The molecular formula is C11H10N3O2S-. The van der Waals surface area contributed by atoms with Gasteiger partial charge in [-0.25, -0.2) is 0 Å². The quantitative estimate of drug-likeness (QED) is 0.729. The zero-order valence-electron chi connectivity index (χ0n) is 9.16. The van der Waals surface area contributed by atoms with Crippen LogP contribution in [0.1, 0.15) is 0 Å². The van der Waals surface area contributed by atoms with Crippen molar-refractivity contribution < 1.29 is 9.90 Å². The lowest BCUT2D eigenvalue weighted by atomic mass is 10.2. The summed E-state index contributed by atoms with van der Waals surface area (Å²) >= 11 is 1.10. The smallest absolute Gasteiger partial charge is 0.191 e. The van der Waals surface area contributed by atoms with Crippen LogP contribution in [0.2, 0.25) is 0 Å². The van der Waals surface area contributed by atoms with Gasteiger partial charge in [-0.05, 0) is 0 Å². The molecule has 0 bridgehead atoms. The fourth-order valence-corrected chi connectivity index (χ4v) is 2.03. The summed E-state index contributed by atoms with van der Waals surface area (Å²) in [7, 11) is 1.81. The van der Waals surface area contributed by atoms with Gasteiger partial charge in [-0.2, -0.15) is 0 Å². The molecule has 0 aliphatic heterocycles. The number of carbonyl (C=O) groups is 1. The van der Waals surface area contributed by atoms with Crippen LogP contribution in [0.3, 0.4) is 0 Å². The average molecular weight is 248 g/mol. The van der Waals surface area contributed by atoms with E-state index in [1.54, 1.807) is 11.6 Å². The lowest BCUT2D eigenvalue weighted by Crippen LogP contribution is -2.24. The summed E-state index contributed by atoms with van der Waals surface area (Å²) in [5, 5.41) is 18.9. The number of carboxylic acid groups (broad SMARTS) is 1. The van der Waals surface area contributed by atoms with Gasteiger partial charge < -0.3 is 14.5 Å². The van der Waals surface area contributed by atoms with Gasteiger partial charge in [0.2, 0.25) is 0 Å². The van der Waals surface area contributed by atoms with Crippen LogP contribution in [-0.4, -0.2) is 26.5 Å². The second-order valence-corrected chi connectivity index (χ2v) is 4.33. The van der Waals surface area contributed by atoms with E-state index in [1.165, 1.54) is 0 Å². The van der Waals surface area contributed by atoms with Crippen LogP contribution in [0.4, 0.5) is 0 Å². The molecule has 0 saturated carbocycles. The first kappa shape index (κ1) is 11.7. The maximum absolute atomic E-state index is 10.4. The Bertz CT molecular complexity index is 525. The van der Waals surface area contributed by atoms with Crippen molar-refractivity contribution in [3.63, 3.8) is 0 Å². The van der Waals surface area contributed by atoms with Crippen molar-refractivity contribution in [2.24, 2.45) is 7.05 Å². The van der Waals surface area contributed by atoms with E-state index in [9.17, 15) is 9.90 Å². The van der Waals surface area contributed by atoms with Crippen LogP contribution < -0.4 is 5.11 Å². The molecule has 1 heterocycles. The van der Waals surface area contributed by atoms with Crippen LogP contribution in [0.15, 0.2) is 35.5 Å². The van der Waals surface area contributed by atoms with Crippen LogP contribution in [0, 0.1) is 0 Å². The van der Waals surface area contributed by atoms with Crippen LogP contribution in [0.5, 0.6) is 0 Å². The van der Waals surface area contributed by atoms with Crippen molar-refractivity contribution in [2.45, 2.75) is 5.16 Å². The molecule has 1 aromatic carbocycles. The molecule has 0 N–H and O–H groups in total. The van der Waals surface area contributed by atoms with Gasteiger partial charge in [0, 0.05) is 18.4 Å². The van der Waals surface area contributed by atoms with E-state index in [4.69, 9.17) is 0 Å². The number of aromatic nitrogens is 3. The molecule has 6 heteroatoms. The molecule has 0 saturated heterocycles. The number of benzene rings is 1. The summed E-state index contributed by atoms with van der Waals surface area (Å²) in [6, 6.07) is 9.61. The molecule has 0 aliphatic carbocycles. The molecule has 0 radical (unpaired) electrons. The SMILES string of the molecule is Cn1c(SCC(=O)[O-])nnc1-c1ccccc1. The molecule has 0 unspecified atom stereocenters. The van der Waals surface area contributed by atoms with Crippen molar-refractivity contribution >= 4 is 17.7 Å². The highest BCUT2D eigenvalue weighted by Gasteiger charge is 2.10. The van der Waals surface area contributed by atoms with E-state index in [0.717, 1.165) is 17.3 Å².